The van der Waals surface area contributed by atoms with E-state index in [-0.39, 0.29) is 35.2 Å². The van der Waals surface area contributed by atoms with Crippen LogP contribution in [0.25, 0.3) is 0 Å². The second-order valence-electron chi connectivity index (χ2n) is 2.17. The molecule has 0 atom stereocenters. The summed E-state index contributed by atoms with van der Waals surface area (Å²) in [5.74, 6) is -0.620. The summed E-state index contributed by atoms with van der Waals surface area (Å²) in [5, 5.41) is 10.8. The minimum atomic E-state index is -4.30. The fourth-order valence-corrected chi connectivity index (χ4v) is 1.17. The monoisotopic (exact) mass is 211 g/mol. The quantitative estimate of drug-likeness (QED) is 0.286. The third-order valence-corrected chi connectivity index (χ3v) is 2.13. The van der Waals surface area contributed by atoms with Crippen molar-refractivity contribution in [1.29, 1.82) is 0 Å². The average molecular weight is 211 g/mol. The van der Waals surface area contributed by atoms with Crippen molar-refractivity contribution in [2.75, 3.05) is 5.73 Å². The molecule has 0 amide bonds. The SMILES string of the molecule is Nc1ccc(S(=O)(=O)O)cc1[O-].[Na+]. The smallest absolute Gasteiger partial charge is 0.871 e. The van der Waals surface area contributed by atoms with Crippen molar-refractivity contribution in [3.8, 4) is 5.75 Å². The van der Waals surface area contributed by atoms with Gasteiger partial charge in [-0.05, 0) is 18.2 Å². The molecule has 0 spiro atoms. The molecule has 0 aromatic heterocycles. The molecule has 0 aliphatic rings. The van der Waals surface area contributed by atoms with E-state index in [0.29, 0.717) is 0 Å². The molecular formula is C6H6NNaO4S. The average Bonchev–Trinajstić information content (AvgIpc) is 1.92. The Morgan fingerprint density at radius 3 is 2.31 bits per heavy atom. The van der Waals surface area contributed by atoms with Crippen molar-refractivity contribution >= 4 is 15.8 Å². The number of hydrogen-bond acceptors (Lipinski definition) is 4. The molecule has 5 nitrogen and oxygen atoms in total. The van der Waals surface area contributed by atoms with E-state index in [4.69, 9.17) is 10.3 Å². The van der Waals surface area contributed by atoms with Gasteiger partial charge in [-0.25, -0.2) is 0 Å². The largest absolute Gasteiger partial charge is 1.00 e. The minimum Gasteiger partial charge on any atom is -0.871 e. The Balaban J connectivity index is 0.00000144. The summed E-state index contributed by atoms with van der Waals surface area (Å²) in [6.07, 6.45) is 0. The second kappa shape index (κ2) is 4.30. The van der Waals surface area contributed by atoms with Gasteiger partial charge in [0.1, 0.15) is 0 Å². The summed E-state index contributed by atoms with van der Waals surface area (Å²) in [7, 11) is -4.30. The molecule has 66 valence electrons. The van der Waals surface area contributed by atoms with Crippen LogP contribution in [0, 0.1) is 0 Å². The van der Waals surface area contributed by atoms with Crippen molar-refractivity contribution < 1.29 is 47.6 Å². The van der Waals surface area contributed by atoms with Crippen LogP contribution in [0.4, 0.5) is 5.69 Å². The fourth-order valence-electron chi connectivity index (χ4n) is 0.675. The topological polar surface area (TPSA) is 103 Å². The number of benzene rings is 1. The molecular weight excluding hydrogens is 205 g/mol. The summed E-state index contributed by atoms with van der Waals surface area (Å²) in [6.45, 7) is 0. The van der Waals surface area contributed by atoms with Gasteiger partial charge in [0, 0.05) is 5.69 Å². The van der Waals surface area contributed by atoms with E-state index in [1.165, 1.54) is 0 Å². The van der Waals surface area contributed by atoms with Crippen LogP contribution in [0.15, 0.2) is 23.1 Å². The summed E-state index contributed by atoms with van der Waals surface area (Å²) < 4.78 is 29.4. The third kappa shape index (κ3) is 3.17. The third-order valence-electron chi connectivity index (χ3n) is 1.28. The molecule has 0 bridgehead atoms. The van der Waals surface area contributed by atoms with E-state index >= 15 is 0 Å². The Kier molecular flexibility index (Phi) is 4.21. The molecule has 0 aliphatic carbocycles. The molecule has 0 heterocycles. The Bertz CT molecular complexity index is 403. The molecule has 1 rings (SSSR count). The second-order valence-corrected chi connectivity index (χ2v) is 3.60. The van der Waals surface area contributed by atoms with Crippen LogP contribution in [0.1, 0.15) is 0 Å². The summed E-state index contributed by atoms with van der Waals surface area (Å²) in [5.41, 5.74) is 5.09. The van der Waals surface area contributed by atoms with Gasteiger partial charge in [-0.3, -0.25) is 4.55 Å². The molecule has 0 aliphatic heterocycles. The number of hydrogen-bond donors (Lipinski definition) is 2. The van der Waals surface area contributed by atoms with Gasteiger partial charge in [0.15, 0.2) is 0 Å². The normalized spacial score (nSPS) is 10.5. The van der Waals surface area contributed by atoms with E-state index in [0.717, 1.165) is 18.2 Å². The summed E-state index contributed by atoms with van der Waals surface area (Å²) in [6, 6.07) is 2.96. The molecule has 7 heteroatoms. The van der Waals surface area contributed by atoms with Crippen LogP contribution in [0.5, 0.6) is 5.75 Å². The maximum absolute atomic E-state index is 10.8. The zero-order valence-electron chi connectivity index (χ0n) is 6.89. The summed E-state index contributed by atoms with van der Waals surface area (Å²) >= 11 is 0. The molecule has 1 aromatic rings. The first kappa shape index (κ1) is 12.7. The first-order valence-corrected chi connectivity index (χ1v) is 4.39. The van der Waals surface area contributed by atoms with Gasteiger partial charge in [0.2, 0.25) is 0 Å². The van der Waals surface area contributed by atoms with Crippen molar-refractivity contribution in [2.24, 2.45) is 0 Å². The molecule has 3 N–H and O–H groups in total. The first-order chi connectivity index (χ1) is 5.41. The molecule has 0 saturated heterocycles. The number of anilines is 1. The van der Waals surface area contributed by atoms with Gasteiger partial charge in [-0.1, -0.05) is 5.75 Å². The molecule has 0 fully saturated rings. The number of rotatable bonds is 1. The molecule has 0 radical (unpaired) electrons. The van der Waals surface area contributed by atoms with E-state index < -0.39 is 20.8 Å². The standard InChI is InChI=1S/C6H7NO4S.Na/c7-5-2-1-4(3-6(5)8)12(9,10)11;/h1-3,8H,7H2,(H,9,10,11);/q;+1/p-1. The maximum atomic E-state index is 10.8. The van der Waals surface area contributed by atoms with Gasteiger partial charge >= 0.3 is 29.6 Å². The van der Waals surface area contributed by atoms with E-state index in [9.17, 15) is 13.5 Å². The van der Waals surface area contributed by atoms with Crippen molar-refractivity contribution in [2.45, 2.75) is 4.90 Å². The molecule has 0 unspecified atom stereocenters. The van der Waals surface area contributed by atoms with Crippen molar-refractivity contribution in [3.05, 3.63) is 18.2 Å². The summed E-state index contributed by atoms with van der Waals surface area (Å²) in [4.78, 5) is -0.443. The Morgan fingerprint density at radius 2 is 1.92 bits per heavy atom. The van der Waals surface area contributed by atoms with Crippen molar-refractivity contribution in [3.63, 3.8) is 0 Å². The van der Waals surface area contributed by atoms with Gasteiger partial charge < -0.3 is 10.8 Å². The van der Waals surface area contributed by atoms with Crippen molar-refractivity contribution in [1.82, 2.24) is 0 Å². The minimum absolute atomic E-state index is 0. The fraction of sp³-hybridized carbons (Fsp3) is 0. The molecule has 0 saturated carbocycles. The van der Waals surface area contributed by atoms with Crippen LogP contribution in [-0.4, -0.2) is 13.0 Å². The van der Waals surface area contributed by atoms with Crippen LogP contribution in [-0.2, 0) is 10.1 Å². The van der Waals surface area contributed by atoms with Crippen LogP contribution in [0.2, 0.25) is 0 Å². The zero-order chi connectivity index (χ0) is 9.35. The number of nitrogen functional groups attached to an aromatic ring is 1. The van der Waals surface area contributed by atoms with E-state index in [1.807, 2.05) is 0 Å². The van der Waals surface area contributed by atoms with E-state index in [1.54, 1.807) is 0 Å². The maximum Gasteiger partial charge on any atom is 1.00 e. The van der Waals surface area contributed by atoms with Gasteiger partial charge in [-0.15, -0.1) is 0 Å². The van der Waals surface area contributed by atoms with Crippen LogP contribution < -0.4 is 40.4 Å². The zero-order valence-corrected chi connectivity index (χ0v) is 9.71. The predicted octanol–water partition coefficient (Wildman–Crippen LogP) is -3.41. The Morgan fingerprint density at radius 1 is 1.38 bits per heavy atom. The first-order valence-electron chi connectivity index (χ1n) is 2.95. The van der Waals surface area contributed by atoms with Gasteiger partial charge in [-0.2, -0.15) is 8.42 Å². The Labute approximate surface area is 97.6 Å². The van der Waals surface area contributed by atoms with Gasteiger partial charge in [0.25, 0.3) is 10.1 Å². The van der Waals surface area contributed by atoms with Crippen LogP contribution in [0.3, 0.4) is 0 Å². The predicted molar refractivity (Wildman–Crippen MR) is 40.1 cm³/mol. The molecule has 1 aromatic carbocycles. The van der Waals surface area contributed by atoms with E-state index in [2.05, 4.69) is 0 Å². The van der Waals surface area contributed by atoms with Gasteiger partial charge in [0.05, 0.1) is 4.90 Å². The number of nitrogens with two attached hydrogens (primary N) is 1. The van der Waals surface area contributed by atoms with Crippen LogP contribution >= 0.6 is 0 Å². The molecule has 13 heavy (non-hydrogen) atoms. The Hall–Kier alpha value is -0.270.